The Hall–Kier alpha value is -3.95. The number of anilines is 1. The highest BCUT2D eigenvalue weighted by molar-refractivity contribution is 6.32. The van der Waals surface area contributed by atoms with E-state index in [0.29, 0.717) is 48.5 Å². The molecule has 1 aliphatic rings. The molecule has 1 fully saturated rings. The van der Waals surface area contributed by atoms with Gasteiger partial charge in [-0.15, -0.1) is 0 Å². The number of aromatic nitrogens is 2. The van der Waals surface area contributed by atoms with E-state index in [4.69, 9.17) is 26.8 Å². The van der Waals surface area contributed by atoms with E-state index in [1.165, 1.54) is 6.08 Å². The third-order valence-corrected chi connectivity index (χ3v) is 6.37. The summed E-state index contributed by atoms with van der Waals surface area (Å²) in [5.41, 5.74) is 9.30. The van der Waals surface area contributed by atoms with Gasteiger partial charge in [0.15, 0.2) is 0 Å². The van der Waals surface area contributed by atoms with Crippen LogP contribution in [0.4, 0.5) is 5.82 Å². The molecule has 0 bridgehead atoms. The molecule has 0 aliphatic carbocycles. The first kappa shape index (κ1) is 27.1. The predicted molar refractivity (Wildman–Crippen MR) is 147 cm³/mol. The van der Waals surface area contributed by atoms with Gasteiger partial charge < -0.3 is 25.4 Å². The minimum absolute atomic E-state index is 0.0724. The van der Waals surface area contributed by atoms with Crippen molar-refractivity contribution in [1.29, 1.82) is 0 Å². The molecule has 10 heteroatoms. The fraction of sp³-hybridized carbons (Fsp3) is 0.286. The third-order valence-electron chi connectivity index (χ3n) is 6.07. The summed E-state index contributed by atoms with van der Waals surface area (Å²) in [5, 5.41) is 3.27. The number of nitrogens with one attached hydrogen (secondary N) is 1. The summed E-state index contributed by atoms with van der Waals surface area (Å²) in [6.07, 6.45) is 7.60. The Morgan fingerprint density at radius 1 is 1.21 bits per heavy atom. The third kappa shape index (κ3) is 6.87. The predicted octanol–water partition coefficient (Wildman–Crippen LogP) is 3.76. The molecule has 3 aromatic rings. The molecule has 38 heavy (non-hydrogen) atoms. The molecule has 2 aromatic heterocycles. The zero-order chi connectivity index (χ0) is 27.1. The Balaban J connectivity index is 1.42. The van der Waals surface area contributed by atoms with Crippen LogP contribution in [0, 0.1) is 6.92 Å². The van der Waals surface area contributed by atoms with Crippen molar-refractivity contribution in [3.8, 4) is 16.9 Å². The molecule has 3 heterocycles. The van der Waals surface area contributed by atoms with Crippen LogP contribution in [0.5, 0.6) is 5.75 Å². The summed E-state index contributed by atoms with van der Waals surface area (Å²) in [6.45, 7) is 6.21. The maximum Gasteiger partial charge on any atom is 0.255 e. The SMILES string of the molecule is Cc1c(-c2cncc(C(=O)N3CCOCC3)c2)ccc(Cl)c1OC(C)CNC(=O)/C=C/c1ccc(N)nc1. The first-order chi connectivity index (χ1) is 18.3. The molecular formula is C28H30ClN5O4. The fourth-order valence-electron chi connectivity index (χ4n) is 4.00. The van der Waals surface area contributed by atoms with Crippen molar-refractivity contribution >= 4 is 35.3 Å². The van der Waals surface area contributed by atoms with Crippen LogP contribution in [-0.4, -0.2) is 65.6 Å². The summed E-state index contributed by atoms with van der Waals surface area (Å²) >= 11 is 6.48. The van der Waals surface area contributed by atoms with Gasteiger partial charge in [0.05, 0.1) is 30.3 Å². The van der Waals surface area contributed by atoms with Crippen LogP contribution < -0.4 is 15.8 Å². The van der Waals surface area contributed by atoms with Crippen LogP contribution in [0.3, 0.4) is 0 Å². The number of morpholine rings is 1. The number of nitrogens with two attached hydrogens (primary N) is 1. The van der Waals surface area contributed by atoms with E-state index >= 15 is 0 Å². The molecule has 0 saturated carbocycles. The van der Waals surface area contributed by atoms with Crippen molar-refractivity contribution in [3.63, 3.8) is 0 Å². The Labute approximate surface area is 226 Å². The first-order valence-electron chi connectivity index (χ1n) is 12.3. The van der Waals surface area contributed by atoms with Gasteiger partial charge >= 0.3 is 0 Å². The summed E-state index contributed by atoms with van der Waals surface area (Å²) < 4.78 is 11.5. The van der Waals surface area contributed by atoms with Crippen LogP contribution in [-0.2, 0) is 9.53 Å². The molecule has 1 aliphatic heterocycles. The number of pyridine rings is 2. The number of hydrogen-bond donors (Lipinski definition) is 2. The van der Waals surface area contributed by atoms with Gasteiger partial charge in [-0.05, 0) is 55.3 Å². The Bertz CT molecular complexity index is 1320. The highest BCUT2D eigenvalue weighted by Crippen LogP contribution is 2.36. The minimum atomic E-state index is -0.357. The molecule has 1 unspecified atom stereocenters. The van der Waals surface area contributed by atoms with Crippen molar-refractivity contribution in [2.24, 2.45) is 0 Å². The van der Waals surface area contributed by atoms with Crippen LogP contribution in [0.15, 0.2) is 55.0 Å². The van der Waals surface area contributed by atoms with Gasteiger partial charge in [-0.1, -0.05) is 17.7 Å². The highest BCUT2D eigenvalue weighted by atomic mass is 35.5. The van der Waals surface area contributed by atoms with Crippen molar-refractivity contribution in [2.45, 2.75) is 20.0 Å². The molecule has 3 N–H and O–H groups in total. The van der Waals surface area contributed by atoms with Crippen molar-refractivity contribution in [1.82, 2.24) is 20.2 Å². The van der Waals surface area contributed by atoms with E-state index in [1.54, 1.807) is 47.8 Å². The summed E-state index contributed by atoms with van der Waals surface area (Å²) in [6, 6.07) is 8.91. The van der Waals surface area contributed by atoms with Crippen LogP contribution >= 0.6 is 11.6 Å². The second-order valence-corrected chi connectivity index (χ2v) is 9.35. The van der Waals surface area contributed by atoms with Crippen molar-refractivity contribution in [2.75, 3.05) is 38.6 Å². The topological polar surface area (TPSA) is 120 Å². The summed E-state index contributed by atoms with van der Waals surface area (Å²) in [7, 11) is 0. The molecule has 1 saturated heterocycles. The average molecular weight is 536 g/mol. The maximum absolute atomic E-state index is 12.9. The summed E-state index contributed by atoms with van der Waals surface area (Å²) in [4.78, 5) is 35.3. The first-order valence-corrected chi connectivity index (χ1v) is 12.6. The Morgan fingerprint density at radius 3 is 2.74 bits per heavy atom. The summed E-state index contributed by atoms with van der Waals surface area (Å²) in [5.74, 6) is 0.596. The molecular weight excluding hydrogens is 506 g/mol. The van der Waals surface area contributed by atoms with E-state index in [9.17, 15) is 9.59 Å². The quantitative estimate of drug-likeness (QED) is 0.421. The largest absolute Gasteiger partial charge is 0.487 e. The van der Waals surface area contributed by atoms with E-state index < -0.39 is 0 Å². The smallest absolute Gasteiger partial charge is 0.255 e. The lowest BCUT2D eigenvalue weighted by Crippen LogP contribution is -2.40. The van der Waals surface area contributed by atoms with Gasteiger partial charge in [-0.3, -0.25) is 14.6 Å². The second-order valence-electron chi connectivity index (χ2n) is 8.94. The number of amides is 2. The van der Waals surface area contributed by atoms with Crippen molar-refractivity contribution < 1.29 is 19.1 Å². The molecule has 1 aromatic carbocycles. The number of nitrogen functional groups attached to an aromatic ring is 1. The minimum Gasteiger partial charge on any atom is -0.487 e. The second kappa shape index (κ2) is 12.5. The molecule has 4 rings (SSSR count). The number of benzene rings is 1. The average Bonchev–Trinajstić information content (AvgIpc) is 2.94. The number of ether oxygens (including phenoxy) is 2. The number of rotatable bonds is 8. The zero-order valence-corrected chi connectivity index (χ0v) is 22.1. The molecule has 2 amide bonds. The molecule has 0 spiro atoms. The van der Waals surface area contributed by atoms with Gasteiger partial charge in [0.25, 0.3) is 5.91 Å². The Kier molecular flexibility index (Phi) is 8.93. The maximum atomic E-state index is 12.9. The van der Waals surface area contributed by atoms with Crippen LogP contribution in [0.25, 0.3) is 17.2 Å². The lowest BCUT2D eigenvalue weighted by Gasteiger charge is -2.27. The van der Waals surface area contributed by atoms with E-state index in [1.807, 2.05) is 26.0 Å². The standard InChI is InChI=1S/C28H30ClN5O4/c1-18(14-33-26(35)8-4-20-3-7-25(30)32-15-20)38-27-19(2)23(5-6-24(27)29)21-13-22(17-31-16-21)28(36)34-9-11-37-12-10-34/h3-8,13,15-18H,9-12,14H2,1-2H3,(H2,30,32)(H,33,35)/b8-4+. The Morgan fingerprint density at radius 2 is 2.00 bits per heavy atom. The van der Waals surface area contributed by atoms with Crippen molar-refractivity contribution in [3.05, 3.63) is 76.7 Å². The number of carbonyl (C=O) groups excluding carboxylic acids is 2. The van der Waals surface area contributed by atoms with E-state index in [0.717, 1.165) is 22.3 Å². The van der Waals surface area contributed by atoms with Gasteiger partial charge in [-0.2, -0.15) is 0 Å². The number of hydrogen-bond acceptors (Lipinski definition) is 7. The van der Waals surface area contributed by atoms with Gasteiger partial charge in [0.2, 0.25) is 5.91 Å². The monoisotopic (exact) mass is 535 g/mol. The zero-order valence-electron chi connectivity index (χ0n) is 21.3. The number of halogens is 1. The van der Waals surface area contributed by atoms with Crippen LogP contribution in [0.1, 0.15) is 28.4 Å². The van der Waals surface area contributed by atoms with Crippen LogP contribution in [0.2, 0.25) is 5.02 Å². The molecule has 0 radical (unpaired) electrons. The van der Waals surface area contributed by atoms with Gasteiger partial charge in [0.1, 0.15) is 17.7 Å². The normalized spacial score (nSPS) is 14.3. The fourth-order valence-corrected chi connectivity index (χ4v) is 4.25. The number of carbonyl (C=O) groups is 2. The van der Waals surface area contributed by atoms with Gasteiger partial charge in [-0.25, -0.2) is 4.98 Å². The molecule has 1 atom stereocenters. The highest BCUT2D eigenvalue weighted by Gasteiger charge is 2.20. The number of nitrogens with zero attached hydrogens (tertiary/aromatic N) is 3. The lowest BCUT2D eigenvalue weighted by molar-refractivity contribution is -0.116. The van der Waals surface area contributed by atoms with E-state index in [2.05, 4.69) is 15.3 Å². The molecule has 198 valence electrons. The van der Waals surface area contributed by atoms with Gasteiger partial charge in [0, 0.05) is 48.9 Å². The lowest BCUT2D eigenvalue weighted by atomic mass is 9.99. The van der Waals surface area contributed by atoms with E-state index in [-0.39, 0.29) is 24.5 Å². The molecule has 9 nitrogen and oxygen atoms in total.